The quantitative estimate of drug-likeness (QED) is 0.576. The van der Waals surface area contributed by atoms with Crippen molar-refractivity contribution in [3.63, 3.8) is 0 Å². The van der Waals surface area contributed by atoms with Crippen molar-refractivity contribution in [3.05, 3.63) is 0 Å². The molecule has 1 saturated carbocycles. The minimum absolute atomic E-state index is 0.124. The van der Waals surface area contributed by atoms with Crippen molar-refractivity contribution in [1.29, 1.82) is 0 Å². The first-order valence-electron chi connectivity index (χ1n) is 4.48. The Hall–Kier alpha value is -0.840. The van der Waals surface area contributed by atoms with Crippen LogP contribution < -0.4 is 16.4 Å². The van der Waals surface area contributed by atoms with E-state index in [0.29, 0.717) is 17.5 Å². The molecule has 5 heteroatoms. The van der Waals surface area contributed by atoms with Crippen molar-refractivity contribution in [1.82, 2.24) is 10.6 Å². The van der Waals surface area contributed by atoms with Gasteiger partial charge in [0.25, 0.3) is 0 Å². The molecule has 0 aromatic heterocycles. The van der Waals surface area contributed by atoms with Gasteiger partial charge in [-0.1, -0.05) is 12.2 Å². The van der Waals surface area contributed by atoms with Crippen LogP contribution in [0.1, 0.15) is 19.8 Å². The van der Waals surface area contributed by atoms with Gasteiger partial charge in [0.05, 0.1) is 11.0 Å². The van der Waals surface area contributed by atoms with Gasteiger partial charge < -0.3 is 16.4 Å². The molecule has 4 nitrogen and oxygen atoms in total. The third kappa shape index (κ3) is 3.18. The van der Waals surface area contributed by atoms with Gasteiger partial charge >= 0.3 is 6.03 Å². The van der Waals surface area contributed by atoms with E-state index < -0.39 is 0 Å². The Morgan fingerprint density at radius 2 is 2.31 bits per heavy atom. The van der Waals surface area contributed by atoms with E-state index in [1.54, 1.807) is 0 Å². The van der Waals surface area contributed by atoms with Crippen molar-refractivity contribution in [2.24, 2.45) is 11.7 Å². The molecule has 1 atom stereocenters. The van der Waals surface area contributed by atoms with Gasteiger partial charge in [0.1, 0.15) is 0 Å². The van der Waals surface area contributed by atoms with E-state index in [4.69, 9.17) is 18.0 Å². The minimum Gasteiger partial charge on any atom is -0.392 e. The van der Waals surface area contributed by atoms with E-state index in [2.05, 4.69) is 10.6 Å². The highest BCUT2D eigenvalue weighted by Crippen LogP contribution is 2.32. The molecule has 0 aliphatic heterocycles. The van der Waals surface area contributed by atoms with Crippen molar-refractivity contribution in [3.8, 4) is 0 Å². The maximum absolute atomic E-state index is 11.2. The number of rotatable bonds is 4. The molecule has 1 aliphatic rings. The van der Waals surface area contributed by atoms with Gasteiger partial charge in [-0.25, -0.2) is 4.79 Å². The maximum Gasteiger partial charge on any atom is 0.315 e. The smallest absolute Gasteiger partial charge is 0.315 e. The first-order valence-corrected chi connectivity index (χ1v) is 4.89. The van der Waals surface area contributed by atoms with Crippen molar-refractivity contribution < 1.29 is 4.79 Å². The first-order chi connectivity index (χ1) is 6.15. The molecule has 1 unspecified atom stereocenters. The van der Waals surface area contributed by atoms with E-state index in [1.165, 1.54) is 0 Å². The number of carbonyl (C=O) groups excluding carboxylic acids is 1. The second-order valence-electron chi connectivity index (χ2n) is 3.22. The molecule has 1 fully saturated rings. The molecule has 0 bridgehead atoms. The van der Waals surface area contributed by atoms with Crippen LogP contribution in [0, 0.1) is 5.92 Å². The molecule has 1 rings (SSSR count). The van der Waals surface area contributed by atoms with Crippen LogP contribution in [0.2, 0.25) is 0 Å². The molecular formula is C8H15N3OS. The van der Waals surface area contributed by atoms with E-state index >= 15 is 0 Å². The monoisotopic (exact) mass is 201 g/mol. The standard InChI is InChI=1S/C8H15N3OS/c1-2-10-8(12)11-6(7(9)13)5-3-4-5/h5-6H,2-4H2,1H3,(H2,9,13)(H2,10,11,12). The molecule has 0 aromatic rings. The third-order valence-electron chi connectivity index (χ3n) is 2.02. The number of carbonyl (C=O) groups is 1. The predicted molar refractivity (Wildman–Crippen MR) is 55.5 cm³/mol. The molecule has 0 spiro atoms. The number of hydrogen-bond acceptors (Lipinski definition) is 2. The molecule has 2 amide bonds. The Kier molecular flexibility index (Phi) is 3.48. The van der Waals surface area contributed by atoms with Crippen LogP contribution in [0.25, 0.3) is 0 Å². The van der Waals surface area contributed by atoms with E-state index in [-0.39, 0.29) is 12.1 Å². The van der Waals surface area contributed by atoms with Crippen LogP contribution >= 0.6 is 12.2 Å². The summed E-state index contributed by atoms with van der Waals surface area (Å²) in [4.78, 5) is 11.5. The number of hydrogen-bond donors (Lipinski definition) is 3. The van der Waals surface area contributed by atoms with Crippen molar-refractivity contribution >= 4 is 23.2 Å². The highest BCUT2D eigenvalue weighted by Gasteiger charge is 2.33. The summed E-state index contributed by atoms with van der Waals surface area (Å²) in [6.07, 6.45) is 2.21. The second-order valence-corrected chi connectivity index (χ2v) is 3.69. The zero-order valence-electron chi connectivity index (χ0n) is 7.67. The fourth-order valence-electron chi connectivity index (χ4n) is 1.20. The van der Waals surface area contributed by atoms with Gasteiger partial charge in [0, 0.05) is 6.54 Å². The summed E-state index contributed by atoms with van der Waals surface area (Å²) in [7, 11) is 0. The fraction of sp³-hybridized carbons (Fsp3) is 0.750. The average molecular weight is 201 g/mol. The number of urea groups is 1. The Bertz CT molecular complexity index is 215. The van der Waals surface area contributed by atoms with Gasteiger partial charge in [-0.15, -0.1) is 0 Å². The third-order valence-corrected chi connectivity index (χ3v) is 2.28. The van der Waals surface area contributed by atoms with Crippen molar-refractivity contribution in [2.75, 3.05) is 6.54 Å². The Balaban J connectivity index is 2.37. The van der Waals surface area contributed by atoms with Crippen LogP contribution in [0.4, 0.5) is 4.79 Å². The molecule has 0 heterocycles. The topological polar surface area (TPSA) is 67.2 Å². The summed E-state index contributed by atoms with van der Waals surface area (Å²) in [5.41, 5.74) is 5.51. The molecule has 1 aliphatic carbocycles. The lowest BCUT2D eigenvalue weighted by Gasteiger charge is -2.16. The lowest BCUT2D eigenvalue weighted by molar-refractivity contribution is 0.239. The highest BCUT2D eigenvalue weighted by molar-refractivity contribution is 7.80. The van der Waals surface area contributed by atoms with E-state index in [9.17, 15) is 4.79 Å². The minimum atomic E-state index is -0.188. The molecule has 0 radical (unpaired) electrons. The average Bonchev–Trinajstić information content (AvgIpc) is 2.82. The van der Waals surface area contributed by atoms with Gasteiger partial charge in [-0.05, 0) is 25.7 Å². The number of thiocarbonyl (C=S) groups is 1. The molecule has 13 heavy (non-hydrogen) atoms. The maximum atomic E-state index is 11.2. The van der Waals surface area contributed by atoms with Crippen LogP contribution in [0.5, 0.6) is 0 Å². The highest BCUT2D eigenvalue weighted by atomic mass is 32.1. The summed E-state index contributed by atoms with van der Waals surface area (Å²) >= 11 is 4.87. The second kappa shape index (κ2) is 4.41. The summed E-state index contributed by atoms with van der Waals surface area (Å²) in [6, 6.07) is -0.311. The number of nitrogens with two attached hydrogens (primary N) is 1. The largest absolute Gasteiger partial charge is 0.392 e. The lowest BCUT2D eigenvalue weighted by atomic mass is 10.2. The Morgan fingerprint density at radius 1 is 1.69 bits per heavy atom. The van der Waals surface area contributed by atoms with Gasteiger partial charge in [-0.3, -0.25) is 0 Å². The molecule has 4 N–H and O–H groups in total. The van der Waals surface area contributed by atoms with Gasteiger partial charge in [0.15, 0.2) is 0 Å². The van der Waals surface area contributed by atoms with Gasteiger partial charge in [0.2, 0.25) is 0 Å². The SMILES string of the molecule is CCNC(=O)NC(C(N)=S)C1CC1. The van der Waals surface area contributed by atoms with Crippen molar-refractivity contribution in [2.45, 2.75) is 25.8 Å². The summed E-state index contributed by atoms with van der Waals surface area (Å²) < 4.78 is 0. The zero-order chi connectivity index (χ0) is 9.84. The summed E-state index contributed by atoms with van der Waals surface area (Å²) in [5.74, 6) is 0.458. The van der Waals surface area contributed by atoms with E-state index in [0.717, 1.165) is 12.8 Å². The van der Waals surface area contributed by atoms with Crippen LogP contribution in [0.3, 0.4) is 0 Å². The summed E-state index contributed by atoms with van der Waals surface area (Å²) in [5, 5.41) is 5.41. The Labute approximate surface area is 83.2 Å². The number of amides is 2. The predicted octanol–water partition coefficient (Wildman–Crippen LogP) is 0.370. The normalized spacial score (nSPS) is 17.6. The van der Waals surface area contributed by atoms with Crippen LogP contribution in [-0.2, 0) is 0 Å². The van der Waals surface area contributed by atoms with Crippen LogP contribution in [0.15, 0.2) is 0 Å². The first kappa shape index (κ1) is 10.2. The molecular weight excluding hydrogens is 186 g/mol. The molecule has 74 valence electrons. The molecule has 0 saturated heterocycles. The van der Waals surface area contributed by atoms with Gasteiger partial charge in [-0.2, -0.15) is 0 Å². The van der Waals surface area contributed by atoms with E-state index in [1.807, 2.05) is 6.92 Å². The molecule has 0 aromatic carbocycles. The summed E-state index contributed by atoms with van der Waals surface area (Å²) in [6.45, 7) is 2.48. The van der Waals surface area contributed by atoms with Crippen LogP contribution in [-0.4, -0.2) is 23.6 Å². The fourth-order valence-corrected chi connectivity index (χ4v) is 1.46. The number of nitrogens with one attached hydrogen (secondary N) is 2. The zero-order valence-corrected chi connectivity index (χ0v) is 8.49. The lowest BCUT2D eigenvalue weighted by Crippen LogP contribution is -2.48. The Morgan fingerprint density at radius 3 is 2.69 bits per heavy atom.